The first-order valence-corrected chi connectivity index (χ1v) is 9.73. The monoisotopic (exact) mass is 411 g/mol. The highest BCUT2D eigenvalue weighted by molar-refractivity contribution is 5.90. The van der Waals surface area contributed by atoms with E-state index in [1.165, 1.54) is 4.90 Å². The third-order valence-corrected chi connectivity index (χ3v) is 4.36. The summed E-state index contributed by atoms with van der Waals surface area (Å²) >= 11 is 0. The predicted octanol–water partition coefficient (Wildman–Crippen LogP) is 3.00. The van der Waals surface area contributed by atoms with Crippen LogP contribution in [0.3, 0.4) is 0 Å². The molecule has 0 bridgehead atoms. The molecule has 0 aliphatic carbocycles. The number of likely N-dealkylation sites (N-methyl/N-ethyl adjacent to an activating group) is 1. The number of carbonyl (C=O) groups is 3. The van der Waals surface area contributed by atoms with Crippen molar-refractivity contribution in [1.29, 1.82) is 0 Å². The molecule has 0 unspecified atom stereocenters. The normalized spacial score (nSPS) is 12.2. The van der Waals surface area contributed by atoms with Gasteiger partial charge in [-0.25, -0.2) is 4.79 Å². The number of nitrogens with one attached hydrogen (secondary N) is 1. The summed E-state index contributed by atoms with van der Waals surface area (Å²) in [7, 11) is 1.64. The Morgan fingerprint density at radius 1 is 0.967 bits per heavy atom. The Morgan fingerprint density at radius 3 is 1.83 bits per heavy atom. The Morgan fingerprint density at radius 2 is 1.43 bits per heavy atom. The van der Waals surface area contributed by atoms with E-state index < -0.39 is 35.6 Å². The van der Waals surface area contributed by atoms with Gasteiger partial charge in [-0.2, -0.15) is 0 Å². The lowest BCUT2D eigenvalue weighted by molar-refractivity contribution is -0.135. The Kier molecular flexibility index (Phi) is 7.58. The van der Waals surface area contributed by atoms with E-state index in [-0.39, 0.29) is 6.42 Å². The van der Waals surface area contributed by atoms with Crippen LogP contribution in [0.2, 0.25) is 0 Å². The SMILES string of the molecule is CN(C(=O)[C@H](CC(N)=O)NC(=O)OC(C)(C)C)C(c1ccccc1)c1ccccc1. The highest BCUT2D eigenvalue weighted by atomic mass is 16.6. The van der Waals surface area contributed by atoms with Crippen molar-refractivity contribution in [3.63, 3.8) is 0 Å². The number of hydrogen-bond donors (Lipinski definition) is 2. The molecule has 7 heteroatoms. The highest BCUT2D eigenvalue weighted by Gasteiger charge is 2.32. The molecule has 0 heterocycles. The molecule has 0 spiro atoms. The quantitative estimate of drug-likeness (QED) is 0.731. The average Bonchev–Trinajstić information content (AvgIpc) is 2.67. The molecule has 0 aromatic heterocycles. The van der Waals surface area contributed by atoms with Gasteiger partial charge in [0.25, 0.3) is 0 Å². The second-order valence-corrected chi connectivity index (χ2v) is 8.04. The number of ether oxygens (including phenoxy) is 1. The van der Waals surface area contributed by atoms with Gasteiger partial charge in [-0.3, -0.25) is 9.59 Å². The zero-order valence-electron chi connectivity index (χ0n) is 17.8. The van der Waals surface area contributed by atoms with Crippen LogP contribution in [0.4, 0.5) is 4.79 Å². The smallest absolute Gasteiger partial charge is 0.408 e. The number of primary amides is 1. The van der Waals surface area contributed by atoms with Crippen molar-refractivity contribution in [1.82, 2.24) is 10.2 Å². The van der Waals surface area contributed by atoms with Crippen LogP contribution in [0.5, 0.6) is 0 Å². The van der Waals surface area contributed by atoms with Crippen LogP contribution in [0.25, 0.3) is 0 Å². The van der Waals surface area contributed by atoms with E-state index in [0.29, 0.717) is 0 Å². The fraction of sp³-hybridized carbons (Fsp3) is 0.348. The van der Waals surface area contributed by atoms with Crippen LogP contribution in [0.1, 0.15) is 44.4 Å². The Balaban J connectivity index is 2.33. The van der Waals surface area contributed by atoms with E-state index in [2.05, 4.69) is 5.32 Å². The van der Waals surface area contributed by atoms with E-state index >= 15 is 0 Å². The maximum Gasteiger partial charge on any atom is 0.408 e. The topological polar surface area (TPSA) is 102 Å². The third kappa shape index (κ3) is 6.62. The molecule has 3 amide bonds. The van der Waals surface area contributed by atoms with E-state index in [1.54, 1.807) is 27.8 Å². The number of nitrogens with two attached hydrogens (primary N) is 1. The maximum absolute atomic E-state index is 13.3. The molecule has 2 aromatic carbocycles. The predicted molar refractivity (Wildman–Crippen MR) is 114 cm³/mol. The first-order valence-electron chi connectivity index (χ1n) is 9.73. The van der Waals surface area contributed by atoms with Crippen molar-refractivity contribution in [3.05, 3.63) is 71.8 Å². The zero-order valence-corrected chi connectivity index (χ0v) is 17.8. The van der Waals surface area contributed by atoms with Gasteiger partial charge in [0.15, 0.2) is 0 Å². The van der Waals surface area contributed by atoms with E-state index in [0.717, 1.165) is 11.1 Å². The molecule has 0 aliphatic rings. The summed E-state index contributed by atoms with van der Waals surface area (Å²) < 4.78 is 5.24. The molecule has 2 aromatic rings. The number of rotatable bonds is 7. The fourth-order valence-corrected chi connectivity index (χ4v) is 3.13. The summed E-state index contributed by atoms with van der Waals surface area (Å²) in [5.41, 5.74) is 6.38. The Labute approximate surface area is 177 Å². The lowest BCUT2D eigenvalue weighted by Gasteiger charge is -2.32. The Hall–Kier alpha value is -3.35. The summed E-state index contributed by atoms with van der Waals surface area (Å²) in [6.45, 7) is 5.14. The minimum absolute atomic E-state index is 0.335. The maximum atomic E-state index is 13.3. The van der Waals surface area contributed by atoms with Crippen molar-refractivity contribution >= 4 is 17.9 Å². The largest absolute Gasteiger partial charge is 0.444 e. The van der Waals surface area contributed by atoms with Crippen molar-refractivity contribution in [2.75, 3.05) is 7.05 Å². The van der Waals surface area contributed by atoms with Crippen molar-refractivity contribution in [2.24, 2.45) is 5.73 Å². The van der Waals surface area contributed by atoms with E-state index in [4.69, 9.17) is 10.5 Å². The molecule has 0 radical (unpaired) electrons. The number of nitrogens with zero attached hydrogens (tertiary/aromatic N) is 1. The van der Waals surface area contributed by atoms with E-state index in [9.17, 15) is 14.4 Å². The summed E-state index contributed by atoms with van der Waals surface area (Å²) in [5, 5.41) is 2.49. The van der Waals surface area contributed by atoms with Gasteiger partial charge < -0.3 is 20.7 Å². The van der Waals surface area contributed by atoms with Gasteiger partial charge in [0, 0.05) is 7.05 Å². The minimum atomic E-state index is -1.14. The number of alkyl carbamates (subject to hydrolysis) is 1. The van der Waals surface area contributed by atoms with Gasteiger partial charge in [-0.05, 0) is 31.9 Å². The molecule has 3 N–H and O–H groups in total. The van der Waals surface area contributed by atoms with Crippen molar-refractivity contribution in [3.8, 4) is 0 Å². The standard InChI is InChI=1S/C23H29N3O4/c1-23(2,3)30-22(29)25-18(15-19(24)27)21(28)26(4)20(16-11-7-5-8-12-16)17-13-9-6-10-14-17/h5-14,18,20H,15H2,1-4H3,(H2,24,27)(H,25,29)/t18-/m0/s1. The number of hydrogen-bond acceptors (Lipinski definition) is 4. The summed E-state index contributed by atoms with van der Waals surface area (Å²) in [5.74, 6) is -1.15. The molecular weight excluding hydrogens is 382 g/mol. The van der Waals surface area contributed by atoms with Crippen LogP contribution in [0.15, 0.2) is 60.7 Å². The van der Waals surface area contributed by atoms with Crippen LogP contribution in [-0.4, -0.2) is 41.5 Å². The van der Waals surface area contributed by atoms with Gasteiger partial charge >= 0.3 is 6.09 Å². The van der Waals surface area contributed by atoms with Crippen LogP contribution < -0.4 is 11.1 Å². The molecule has 0 aliphatic heterocycles. The van der Waals surface area contributed by atoms with Crippen molar-refractivity contribution < 1.29 is 19.1 Å². The van der Waals surface area contributed by atoms with Gasteiger partial charge in [-0.1, -0.05) is 60.7 Å². The van der Waals surface area contributed by atoms with E-state index in [1.807, 2.05) is 60.7 Å². The minimum Gasteiger partial charge on any atom is -0.444 e. The van der Waals surface area contributed by atoms with Crippen LogP contribution >= 0.6 is 0 Å². The molecule has 1 atom stereocenters. The highest BCUT2D eigenvalue weighted by Crippen LogP contribution is 2.28. The van der Waals surface area contributed by atoms with Crippen LogP contribution in [-0.2, 0) is 14.3 Å². The van der Waals surface area contributed by atoms with Gasteiger partial charge in [0.05, 0.1) is 12.5 Å². The molecule has 7 nitrogen and oxygen atoms in total. The lowest BCUT2D eigenvalue weighted by atomic mass is 9.96. The van der Waals surface area contributed by atoms with Crippen molar-refractivity contribution in [2.45, 2.75) is 44.9 Å². The molecule has 0 saturated heterocycles. The molecule has 30 heavy (non-hydrogen) atoms. The van der Waals surface area contributed by atoms with Crippen LogP contribution in [0, 0.1) is 0 Å². The van der Waals surface area contributed by atoms with Gasteiger partial charge in [-0.15, -0.1) is 0 Å². The second-order valence-electron chi connectivity index (χ2n) is 8.04. The number of benzene rings is 2. The summed E-state index contributed by atoms with van der Waals surface area (Å²) in [6.07, 6.45) is -1.12. The summed E-state index contributed by atoms with van der Waals surface area (Å²) in [4.78, 5) is 38.6. The van der Waals surface area contributed by atoms with Gasteiger partial charge in [0.2, 0.25) is 11.8 Å². The molecule has 2 rings (SSSR count). The number of carbonyl (C=O) groups excluding carboxylic acids is 3. The third-order valence-electron chi connectivity index (χ3n) is 4.36. The lowest BCUT2D eigenvalue weighted by Crippen LogP contribution is -2.51. The first-order chi connectivity index (χ1) is 14.1. The molecule has 0 saturated carbocycles. The number of amides is 3. The second kappa shape index (κ2) is 9.91. The molecule has 160 valence electrons. The van der Waals surface area contributed by atoms with Gasteiger partial charge in [0.1, 0.15) is 11.6 Å². The first kappa shape index (κ1) is 22.9. The Bertz CT molecular complexity index is 824. The summed E-state index contributed by atoms with van der Waals surface area (Å²) in [6, 6.07) is 17.5. The molecular formula is C23H29N3O4. The fourth-order valence-electron chi connectivity index (χ4n) is 3.13. The molecule has 0 fully saturated rings. The zero-order chi connectivity index (χ0) is 22.3. The average molecular weight is 412 g/mol.